The fourth-order valence-corrected chi connectivity index (χ4v) is 3.48. The Kier molecular flexibility index (Phi) is 4.31. The molecule has 1 aromatic heterocycles. The van der Waals surface area contributed by atoms with Gasteiger partial charge in [0.25, 0.3) is 0 Å². The van der Waals surface area contributed by atoms with E-state index >= 15 is 0 Å². The number of carbonyl (C=O) groups excluding carboxylic acids is 1. The Morgan fingerprint density at radius 3 is 3.00 bits per heavy atom. The van der Waals surface area contributed by atoms with Crippen LogP contribution in [-0.4, -0.2) is 41.0 Å². The Bertz CT molecular complexity index is 442. The second kappa shape index (κ2) is 6.35. The van der Waals surface area contributed by atoms with Crippen molar-refractivity contribution >= 4 is 5.91 Å². The fraction of sp³-hybridized carbons (Fsp3) is 0.625. The first kappa shape index (κ1) is 13.6. The molecule has 0 radical (unpaired) electrons. The number of carbonyl (C=O) groups is 1. The number of nitrogens with one attached hydrogen (secondary N) is 1. The summed E-state index contributed by atoms with van der Waals surface area (Å²) in [5, 5.41) is 3.57. The van der Waals surface area contributed by atoms with Crippen molar-refractivity contribution in [1.29, 1.82) is 0 Å². The number of hydrogen-bond donors (Lipinski definition) is 1. The lowest BCUT2D eigenvalue weighted by Crippen LogP contribution is -2.53. The number of nitrogens with zero attached hydrogens (tertiary/aromatic N) is 2. The lowest BCUT2D eigenvalue weighted by Gasteiger charge is -2.39. The summed E-state index contributed by atoms with van der Waals surface area (Å²) in [6.07, 6.45) is 8.17. The first-order valence-electron chi connectivity index (χ1n) is 7.77. The molecular formula is C16H23N3O. The van der Waals surface area contributed by atoms with Crippen molar-refractivity contribution in [3.63, 3.8) is 0 Å². The van der Waals surface area contributed by atoms with Crippen LogP contribution < -0.4 is 5.32 Å². The van der Waals surface area contributed by atoms with E-state index in [1.165, 1.54) is 19.3 Å². The largest absolute Gasteiger partial charge is 0.338 e. The van der Waals surface area contributed by atoms with E-state index in [-0.39, 0.29) is 5.91 Å². The minimum atomic E-state index is 0.238. The number of aromatic nitrogens is 1. The summed E-state index contributed by atoms with van der Waals surface area (Å²) in [4.78, 5) is 19.0. The van der Waals surface area contributed by atoms with Gasteiger partial charge in [0.2, 0.25) is 5.91 Å². The van der Waals surface area contributed by atoms with Crippen molar-refractivity contribution in [3.05, 3.63) is 30.1 Å². The minimum absolute atomic E-state index is 0.238. The van der Waals surface area contributed by atoms with Gasteiger partial charge >= 0.3 is 0 Å². The molecule has 0 aromatic carbocycles. The van der Waals surface area contributed by atoms with Gasteiger partial charge in [-0.05, 0) is 50.8 Å². The molecule has 2 fully saturated rings. The molecule has 0 spiro atoms. The second-order valence-corrected chi connectivity index (χ2v) is 5.85. The molecular weight excluding hydrogens is 250 g/mol. The predicted octanol–water partition coefficient (Wildman–Crippen LogP) is 1.76. The quantitative estimate of drug-likeness (QED) is 0.912. The summed E-state index contributed by atoms with van der Waals surface area (Å²) in [6.45, 7) is 2.01. The van der Waals surface area contributed by atoms with E-state index in [0.29, 0.717) is 18.5 Å². The van der Waals surface area contributed by atoms with Gasteiger partial charge in [-0.15, -0.1) is 0 Å². The Balaban J connectivity index is 1.67. The Morgan fingerprint density at radius 1 is 1.30 bits per heavy atom. The number of pyridine rings is 1. The normalized spacial score (nSPS) is 26.7. The summed E-state index contributed by atoms with van der Waals surface area (Å²) in [5.74, 6) is 0.238. The zero-order valence-electron chi connectivity index (χ0n) is 11.9. The van der Waals surface area contributed by atoms with Crippen LogP contribution >= 0.6 is 0 Å². The molecule has 0 bridgehead atoms. The van der Waals surface area contributed by atoms with Gasteiger partial charge in [0.05, 0.1) is 6.42 Å². The molecule has 4 heteroatoms. The molecule has 2 atom stereocenters. The van der Waals surface area contributed by atoms with E-state index in [1.807, 2.05) is 18.2 Å². The zero-order valence-corrected chi connectivity index (χ0v) is 11.9. The fourth-order valence-electron chi connectivity index (χ4n) is 3.48. The summed E-state index contributed by atoms with van der Waals surface area (Å²) in [7, 11) is 0. The molecule has 1 aromatic rings. The van der Waals surface area contributed by atoms with E-state index in [2.05, 4.69) is 15.2 Å². The van der Waals surface area contributed by atoms with Gasteiger partial charge in [0.15, 0.2) is 0 Å². The van der Waals surface area contributed by atoms with Crippen molar-refractivity contribution in [1.82, 2.24) is 15.2 Å². The van der Waals surface area contributed by atoms with Gasteiger partial charge in [-0.3, -0.25) is 9.78 Å². The summed E-state index contributed by atoms with van der Waals surface area (Å²) in [5.41, 5.74) is 0.876. The van der Waals surface area contributed by atoms with E-state index in [4.69, 9.17) is 0 Å². The highest BCUT2D eigenvalue weighted by Crippen LogP contribution is 2.24. The van der Waals surface area contributed by atoms with Crippen LogP contribution in [0.5, 0.6) is 0 Å². The van der Waals surface area contributed by atoms with Crippen molar-refractivity contribution < 1.29 is 4.79 Å². The molecule has 2 saturated heterocycles. The maximum atomic E-state index is 12.6. The molecule has 1 amide bonds. The molecule has 2 aliphatic heterocycles. The summed E-state index contributed by atoms with van der Waals surface area (Å²) >= 11 is 0. The Morgan fingerprint density at radius 2 is 2.25 bits per heavy atom. The smallest absolute Gasteiger partial charge is 0.228 e. The van der Waals surface area contributed by atoms with Gasteiger partial charge in [0, 0.05) is 30.5 Å². The van der Waals surface area contributed by atoms with Crippen LogP contribution in [0.1, 0.15) is 37.8 Å². The van der Waals surface area contributed by atoms with Gasteiger partial charge in [0.1, 0.15) is 0 Å². The third kappa shape index (κ3) is 3.01. The topological polar surface area (TPSA) is 45.2 Å². The summed E-state index contributed by atoms with van der Waals surface area (Å²) in [6, 6.07) is 6.66. The van der Waals surface area contributed by atoms with E-state index in [0.717, 1.165) is 31.6 Å². The molecule has 108 valence electrons. The van der Waals surface area contributed by atoms with Crippen LogP contribution in [-0.2, 0) is 11.2 Å². The minimum Gasteiger partial charge on any atom is -0.338 e. The van der Waals surface area contributed by atoms with Crippen molar-refractivity contribution in [3.8, 4) is 0 Å². The number of likely N-dealkylation sites (tertiary alicyclic amines) is 1. The highest BCUT2D eigenvalue weighted by atomic mass is 16.2. The van der Waals surface area contributed by atoms with Gasteiger partial charge in [-0.25, -0.2) is 0 Å². The van der Waals surface area contributed by atoms with Gasteiger partial charge in [-0.1, -0.05) is 6.07 Å². The third-order valence-corrected chi connectivity index (χ3v) is 4.49. The lowest BCUT2D eigenvalue weighted by molar-refractivity contribution is -0.134. The molecule has 3 heterocycles. The van der Waals surface area contributed by atoms with Crippen LogP contribution in [0.4, 0.5) is 0 Å². The monoisotopic (exact) mass is 273 g/mol. The molecule has 4 nitrogen and oxygen atoms in total. The van der Waals surface area contributed by atoms with Gasteiger partial charge in [-0.2, -0.15) is 0 Å². The van der Waals surface area contributed by atoms with Gasteiger partial charge < -0.3 is 10.2 Å². The van der Waals surface area contributed by atoms with Crippen LogP contribution in [0.25, 0.3) is 0 Å². The number of amides is 1. The molecule has 3 rings (SSSR count). The number of piperidine rings is 1. The van der Waals surface area contributed by atoms with E-state index in [1.54, 1.807) is 6.20 Å². The first-order valence-corrected chi connectivity index (χ1v) is 7.77. The maximum absolute atomic E-state index is 12.6. The molecule has 1 N–H and O–H groups in total. The highest BCUT2D eigenvalue weighted by molar-refractivity contribution is 5.78. The molecule has 20 heavy (non-hydrogen) atoms. The average molecular weight is 273 g/mol. The van der Waals surface area contributed by atoms with Crippen molar-refractivity contribution in [2.75, 3.05) is 13.1 Å². The lowest BCUT2D eigenvalue weighted by atomic mass is 9.94. The number of hydrogen-bond acceptors (Lipinski definition) is 3. The molecule has 0 saturated carbocycles. The average Bonchev–Trinajstić information content (AvgIpc) is 3.02. The molecule has 2 unspecified atom stereocenters. The molecule has 0 aliphatic carbocycles. The molecule has 2 aliphatic rings. The van der Waals surface area contributed by atoms with Crippen molar-refractivity contribution in [2.24, 2.45) is 0 Å². The Labute approximate surface area is 120 Å². The third-order valence-electron chi connectivity index (χ3n) is 4.49. The highest BCUT2D eigenvalue weighted by Gasteiger charge is 2.34. The predicted molar refractivity (Wildman–Crippen MR) is 78.3 cm³/mol. The maximum Gasteiger partial charge on any atom is 0.228 e. The second-order valence-electron chi connectivity index (χ2n) is 5.85. The first-order chi connectivity index (χ1) is 9.84. The van der Waals surface area contributed by atoms with Crippen LogP contribution in [0, 0.1) is 0 Å². The van der Waals surface area contributed by atoms with Crippen LogP contribution in [0.2, 0.25) is 0 Å². The van der Waals surface area contributed by atoms with Crippen LogP contribution in [0.15, 0.2) is 24.4 Å². The standard InChI is InChI=1S/C16H23N3O/c20-16(12-13-6-1-3-9-17-13)19-11-4-2-8-15(19)14-7-5-10-18-14/h1,3,6,9,14-15,18H,2,4-5,7-8,10-12H2. The SMILES string of the molecule is O=C(Cc1ccccn1)N1CCCCC1C1CCCN1. The van der Waals surface area contributed by atoms with Crippen molar-refractivity contribution in [2.45, 2.75) is 50.6 Å². The van der Waals surface area contributed by atoms with Crippen LogP contribution in [0.3, 0.4) is 0 Å². The number of rotatable bonds is 3. The summed E-state index contributed by atoms with van der Waals surface area (Å²) < 4.78 is 0. The van der Waals surface area contributed by atoms with E-state index in [9.17, 15) is 4.79 Å². The zero-order chi connectivity index (χ0) is 13.8. The van der Waals surface area contributed by atoms with E-state index < -0.39 is 0 Å². The Hall–Kier alpha value is -1.42.